The van der Waals surface area contributed by atoms with Crippen LogP contribution in [0.2, 0.25) is 0 Å². The Morgan fingerprint density at radius 2 is 1.73 bits per heavy atom. The molecule has 0 spiro atoms. The number of aromatic nitrogens is 1. The Kier molecular flexibility index (Phi) is 3.43. The van der Waals surface area contributed by atoms with E-state index in [0.717, 1.165) is 12.1 Å². The van der Waals surface area contributed by atoms with Crippen LogP contribution >= 0.6 is 0 Å². The quantitative estimate of drug-likeness (QED) is 0.675. The molecule has 22 heavy (non-hydrogen) atoms. The van der Waals surface area contributed by atoms with Gasteiger partial charge in [-0.2, -0.15) is 0 Å². The van der Waals surface area contributed by atoms with E-state index in [1.54, 1.807) is 0 Å². The van der Waals surface area contributed by atoms with Gasteiger partial charge in [0.2, 0.25) is 0 Å². The van der Waals surface area contributed by atoms with E-state index in [1.807, 2.05) is 0 Å². The number of aryl methyl sites for hydroxylation is 1. The summed E-state index contributed by atoms with van der Waals surface area (Å²) >= 11 is 0. The predicted molar refractivity (Wildman–Crippen MR) is 94.2 cm³/mol. The summed E-state index contributed by atoms with van der Waals surface area (Å²) in [4.78, 5) is 4.79. The van der Waals surface area contributed by atoms with E-state index in [-0.39, 0.29) is 10.8 Å². The summed E-state index contributed by atoms with van der Waals surface area (Å²) in [6.45, 7) is 14.0. The molecule has 0 saturated carbocycles. The molecule has 0 aliphatic heterocycles. The minimum Gasteiger partial charge on any atom is -0.256 e. The third kappa shape index (κ3) is 1.95. The maximum absolute atomic E-state index is 4.79. The molecule has 1 aliphatic carbocycles. The van der Waals surface area contributed by atoms with Gasteiger partial charge >= 0.3 is 0 Å². The summed E-state index contributed by atoms with van der Waals surface area (Å²) in [5.41, 5.74) is 7.00. The van der Waals surface area contributed by atoms with Gasteiger partial charge in [-0.25, -0.2) is 0 Å². The molecule has 1 heterocycles. The van der Waals surface area contributed by atoms with E-state index in [0.29, 0.717) is 5.92 Å². The van der Waals surface area contributed by atoms with Crippen LogP contribution in [0.15, 0.2) is 36.5 Å². The van der Waals surface area contributed by atoms with Crippen molar-refractivity contribution in [2.45, 2.75) is 59.3 Å². The van der Waals surface area contributed by atoms with Crippen LogP contribution in [0.5, 0.6) is 0 Å². The summed E-state index contributed by atoms with van der Waals surface area (Å²) in [7, 11) is 0. The van der Waals surface area contributed by atoms with Crippen molar-refractivity contribution in [2.75, 3.05) is 0 Å². The molecule has 2 aromatic rings. The lowest BCUT2D eigenvalue weighted by Gasteiger charge is -2.41. The van der Waals surface area contributed by atoms with Crippen molar-refractivity contribution >= 4 is 0 Å². The molecule has 0 saturated heterocycles. The van der Waals surface area contributed by atoms with Crippen LogP contribution < -0.4 is 0 Å². The fourth-order valence-corrected chi connectivity index (χ4v) is 4.03. The molecular weight excluding hydrogens is 266 g/mol. The number of nitrogens with zero attached hydrogens (tertiary/aromatic N) is 1. The molecule has 1 heteroatoms. The van der Waals surface area contributed by atoms with Crippen LogP contribution in [0, 0.1) is 12.3 Å². The van der Waals surface area contributed by atoms with Gasteiger partial charge in [0.05, 0.1) is 5.69 Å². The average Bonchev–Trinajstić information content (AvgIpc) is 2.67. The number of hydrogen-bond acceptors (Lipinski definition) is 1. The molecule has 0 fully saturated rings. The number of pyridine rings is 1. The smallest absolute Gasteiger partial charge is 0.0705 e. The third-order valence-electron chi connectivity index (χ3n) is 6.56. The zero-order valence-electron chi connectivity index (χ0n) is 14.7. The van der Waals surface area contributed by atoms with Crippen LogP contribution in [0.4, 0.5) is 0 Å². The Morgan fingerprint density at radius 3 is 2.32 bits per heavy atom. The first kappa shape index (κ1) is 15.3. The summed E-state index contributed by atoms with van der Waals surface area (Å²) in [6.07, 6.45) is 3.29. The van der Waals surface area contributed by atoms with Crippen molar-refractivity contribution < 1.29 is 0 Å². The first-order chi connectivity index (χ1) is 10.3. The van der Waals surface area contributed by atoms with Crippen molar-refractivity contribution in [3.63, 3.8) is 0 Å². The standard InChI is InChI=1S/C21H27N/c1-7-21(6)18-13-22-19(16-10-8-14(2)9-11-16)12-17(18)15(3)20(21,4)5/h8-13,15H,7H2,1-6H3. The SMILES string of the molecule is CCC1(C)c2cnc(-c3ccc(C)cc3)cc2C(C)C1(C)C. The van der Waals surface area contributed by atoms with Gasteiger partial charge in [0.15, 0.2) is 0 Å². The maximum Gasteiger partial charge on any atom is 0.0705 e. The highest BCUT2D eigenvalue weighted by molar-refractivity contribution is 5.62. The van der Waals surface area contributed by atoms with Gasteiger partial charge in [-0.15, -0.1) is 0 Å². The van der Waals surface area contributed by atoms with Gasteiger partial charge in [0.1, 0.15) is 0 Å². The number of hydrogen-bond donors (Lipinski definition) is 0. The molecule has 1 aromatic heterocycles. The zero-order chi connectivity index (χ0) is 16.1. The average molecular weight is 293 g/mol. The molecule has 2 atom stereocenters. The summed E-state index contributed by atoms with van der Waals surface area (Å²) in [6, 6.07) is 11.0. The Hall–Kier alpha value is -1.63. The summed E-state index contributed by atoms with van der Waals surface area (Å²) in [5, 5.41) is 0. The number of fused-ring (bicyclic) bond motifs is 1. The molecule has 2 unspecified atom stereocenters. The third-order valence-corrected chi connectivity index (χ3v) is 6.56. The largest absolute Gasteiger partial charge is 0.256 e. The zero-order valence-corrected chi connectivity index (χ0v) is 14.7. The second kappa shape index (κ2) is 4.94. The van der Waals surface area contributed by atoms with Gasteiger partial charge in [0, 0.05) is 11.8 Å². The topological polar surface area (TPSA) is 12.9 Å². The molecule has 3 rings (SSSR count). The van der Waals surface area contributed by atoms with Gasteiger partial charge in [0.25, 0.3) is 0 Å². The molecule has 0 radical (unpaired) electrons. The molecule has 1 nitrogen and oxygen atoms in total. The lowest BCUT2D eigenvalue weighted by molar-refractivity contribution is 0.166. The van der Waals surface area contributed by atoms with Crippen molar-refractivity contribution in [3.05, 3.63) is 53.2 Å². The fraction of sp³-hybridized carbons (Fsp3) is 0.476. The van der Waals surface area contributed by atoms with Crippen molar-refractivity contribution in [3.8, 4) is 11.3 Å². The van der Waals surface area contributed by atoms with Crippen LogP contribution in [0.1, 0.15) is 63.6 Å². The minimum atomic E-state index is 0.209. The van der Waals surface area contributed by atoms with Crippen LogP contribution in [0.25, 0.3) is 11.3 Å². The Bertz CT molecular complexity index is 696. The predicted octanol–water partition coefficient (Wildman–Crippen LogP) is 5.87. The lowest BCUT2D eigenvalue weighted by atomic mass is 9.63. The Morgan fingerprint density at radius 1 is 1.09 bits per heavy atom. The fourth-order valence-electron chi connectivity index (χ4n) is 4.03. The first-order valence-electron chi connectivity index (χ1n) is 8.38. The van der Waals surface area contributed by atoms with E-state index >= 15 is 0 Å². The highest BCUT2D eigenvalue weighted by Crippen LogP contribution is 2.59. The molecule has 1 aliphatic rings. The van der Waals surface area contributed by atoms with E-state index in [4.69, 9.17) is 4.98 Å². The molecular formula is C21H27N. The second-order valence-electron chi connectivity index (χ2n) is 7.65. The number of benzene rings is 1. The summed E-state index contributed by atoms with van der Waals surface area (Å²) < 4.78 is 0. The summed E-state index contributed by atoms with van der Waals surface area (Å²) in [5.74, 6) is 0.555. The Balaban J connectivity index is 2.13. The van der Waals surface area contributed by atoms with E-state index in [2.05, 4.69) is 78.1 Å². The Labute approximate surface area is 134 Å². The monoisotopic (exact) mass is 293 g/mol. The van der Waals surface area contributed by atoms with Gasteiger partial charge < -0.3 is 0 Å². The van der Waals surface area contributed by atoms with Crippen LogP contribution in [-0.2, 0) is 5.41 Å². The van der Waals surface area contributed by atoms with Crippen LogP contribution in [0.3, 0.4) is 0 Å². The van der Waals surface area contributed by atoms with Gasteiger partial charge in [-0.05, 0) is 47.3 Å². The highest BCUT2D eigenvalue weighted by atomic mass is 14.7. The highest BCUT2D eigenvalue weighted by Gasteiger charge is 2.52. The van der Waals surface area contributed by atoms with Crippen molar-refractivity contribution in [1.29, 1.82) is 0 Å². The van der Waals surface area contributed by atoms with E-state index in [1.165, 1.54) is 22.3 Å². The van der Waals surface area contributed by atoms with E-state index in [9.17, 15) is 0 Å². The van der Waals surface area contributed by atoms with Crippen molar-refractivity contribution in [2.24, 2.45) is 5.41 Å². The van der Waals surface area contributed by atoms with Crippen molar-refractivity contribution in [1.82, 2.24) is 4.98 Å². The number of rotatable bonds is 2. The molecule has 0 bridgehead atoms. The lowest BCUT2D eigenvalue weighted by Crippen LogP contribution is -2.36. The molecule has 1 aromatic carbocycles. The molecule has 116 valence electrons. The van der Waals surface area contributed by atoms with E-state index < -0.39 is 0 Å². The normalized spacial score (nSPS) is 26.0. The van der Waals surface area contributed by atoms with Gasteiger partial charge in [-0.1, -0.05) is 64.4 Å². The van der Waals surface area contributed by atoms with Gasteiger partial charge in [-0.3, -0.25) is 4.98 Å². The minimum absolute atomic E-state index is 0.209. The maximum atomic E-state index is 4.79. The second-order valence-corrected chi connectivity index (χ2v) is 7.65. The molecule has 0 N–H and O–H groups in total. The first-order valence-corrected chi connectivity index (χ1v) is 8.38. The van der Waals surface area contributed by atoms with Crippen LogP contribution in [-0.4, -0.2) is 4.98 Å². The molecule has 0 amide bonds.